The summed E-state index contributed by atoms with van der Waals surface area (Å²) >= 11 is 6.55. The molecule has 0 saturated carbocycles. The molecule has 0 saturated heterocycles. The van der Waals surface area contributed by atoms with Gasteiger partial charge in [0.1, 0.15) is 6.33 Å². The summed E-state index contributed by atoms with van der Waals surface area (Å²) in [4.78, 5) is 8.23. The molecule has 19 heavy (non-hydrogen) atoms. The van der Waals surface area contributed by atoms with E-state index in [4.69, 9.17) is 16.3 Å². The van der Waals surface area contributed by atoms with Crippen LogP contribution in [0, 0.1) is 13.8 Å². The summed E-state index contributed by atoms with van der Waals surface area (Å²) in [6, 6.07) is 8.03. The third-order valence-electron chi connectivity index (χ3n) is 3.15. The van der Waals surface area contributed by atoms with Crippen LogP contribution < -0.4 is 4.74 Å². The molecular weight excluding hydrogens is 260 g/mol. The van der Waals surface area contributed by atoms with Crippen molar-refractivity contribution in [1.29, 1.82) is 0 Å². The average molecular weight is 277 g/mol. The number of alkyl halides is 1. The van der Waals surface area contributed by atoms with E-state index >= 15 is 0 Å². The molecule has 1 unspecified atom stereocenters. The number of ether oxygens (including phenoxy) is 1. The first kappa shape index (κ1) is 13.8. The van der Waals surface area contributed by atoms with Crippen molar-refractivity contribution in [2.75, 3.05) is 7.11 Å². The second-order valence-electron chi connectivity index (χ2n) is 4.53. The highest BCUT2D eigenvalue weighted by atomic mass is 35.5. The predicted molar refractivity (Wildman–Crippen MR) is 76.8 cm³/mol. The van der Waals surface area contributed by atoms with E-state index in [0.29, 0.717) is 12.3 Å². The van der Waals surface area contributed by atoms with Gasteiger partial charge in [-0.1, -0.05) is 18.2 Å². The van der Waals surface area contributed by atoms with Gasteiger partial charge in [-0.25, -0.2) is 9.97 Å². The predicted octanol–water partition coefficient (Wildman–Crippen LogP) is 3.62. The van der Waals surface area contributed by atoms with Crippen molar-refractivity contribution in [3.05, 3.63) is 53.0 Å². The van der Waals surface area contributed by atoms with Gasteiger partial charge in [-0.3, -0.25) is 0 Å². The van der Waals surface area contributed by atoms with Gasteiger partial charge in [0.25, 0.3) is 0 Å². The smallest absolute Gasteiger partial charge is 0.216 e. The van der Waals surface area contributed by atoms with Gasteiger partial charge in [0, 0.05) is 18.2 Å². The number of aromatic nitrogens is 2. The van der Waals surface area contributed by atoms with Crippen LogP contribution in [0.4, 0.5) is 0 Å². The first-order valence-corrected chi connectivity index (χ1v) is 6.60. The summed E-state index contributed by atoms with van der Waals surface area (Å²) in [6.45, 7) is 4.16. The van der Waals surface area contributed by atoms with Crippen molar-refractivity contribution in [1.82, 2.24) is 9.97 Å². The first-order chi connectivity index (χ1) is 9.11. The zero-order chi connectivity index (χ0) is 13.8. The zero-order valence-corrected chi connectivity index (χ0v) is 12.1. The second-order valence-corrected chi connectivity index (χ2v) is 5.06. The lowest BCUT2D eigenvalue weighted by atomic mass is 9.97. The standard InChI is InChI=1S/C15H17ClN2O/c1-10-5-4-6-11(2)15(10)13(16)7-12-8-14(19-3)18-9-17-12/h4-6,8-9,13H,7H2,1-3H3. The molecule has 0 fully saturated rings. The minimum atomic E-state index is -0.0965. The molecule has 100 valence electrons. The van der Waals surface area contributed by atoms with Crippen LogP contribution in [0.25, 0.3) is 0 Å². The lowest BCUT2D eigenvalue weighted by molar-refractivity contribution is 0.396. The van der Waals surface area contributed by atoms with E-state index in [1.807, 2.05) is 12.1 Å². The van der Waals surface area contributed by atoms with Gasteiger partial charge < -0.3 is 4.74 Å². The quantitative estimate of drug-likeness (QED) is 0.800. The van der Waals surface area contributed by atoms with Gasteiger partial charge >= 0.3 is 0 Å². The van der Waals surface area contributed by atoms with Crippen molar-refractivity contribution in [3.8, 4) is 5.88 Å². The second kappa shape index (κ2) is 6.02. The maximum Gasteiger partial charge on any atom is 0.216 e. The Morgan fingerprint density at radius 2 is 1.89 bits per heavy atom. The fourth-order valence-electron chi connectivity index (χ4n) is 2.21. The maximum atomic E-state index is 6.55. The van der Waals surface area contributed by atoms with Gasteiger partial charge in [0.15, 0.2) is 0 Å². The lowest BCUT2D eigenvalue weighted by Gasteiger charge is -2.15. The molecule has 1 aromatic carbocycles. The average Bonchev–Trinajstić information content (AvgIpc) is 2.38. The highest BCUT2D eigenvalue weighted by molar-refractivity contribution is 6.21. The highest BCUT2D eigenvalue weighted by Gasteiger charge is 2.15. The van der Waals surface area contributed by atoms with E-state index in [0.717, 1.165) is 5.69 Å². The molecule has 0 amide bonds. The minimum absolute atomic E-state index is 0.0965. The van der Waals surface area contributed by atoms with Crippen molar-refractivity contribution in [2.45, 2.75) is 25.6 Å². The van der Waals surface area contributed by atoms with Crippen LogP contribution >= 0.6 is 11.6 Å². The van der Waals surface area contributed by atoms with Crippen LogP contribution in [0.2, 0.25) is 0 Å². The molecule has 1 aromatic heterocycles. The van der Waals surface area contributed by atoms with Gasteiger partial charge in [-0.15, -0.1) is 11.6 Å². The maximum absolute atomic E-state index is 6.55. The number of aryl methyl sites for hydroxylation is 2. The number of halogens is 1. The van der Waals surface area contributed by atoms with Crippen LogP contribution in [-0.2, 0) is 6.42 Å². The lowest BCUT2D eigenvalue weighted by Crippen LogP contribution is -2.03. The molecular formula is C15H17ClN2O. The van der Waals surface area contributed by atoms with E-state index < -0.39 is 0 Å². The topological polar surface area (TPSA) is 35.0 Å². The molecule has 0 N–H and O–H groups in total. The Kier molecular flexibility index (Phi) is 4.38. The largest absolute Gasteiger partial charge is 0.481 e. The Morgan fingerprint density at radius 3 is 2.53 bits per heavy atom. The molecule has 0 aliphatic heterocycles. The molecule has 1 atom stereocenters. The molecule has 0 radical (unpaired) electrons. The van der Waals surface area contributed by atoms with E-state index in [-0.39, 0.29) is 5.38 Å². The Morgan fingerprint density at radius 1 is 1.21 bits per heavy atom. The summed E-state index contributed by atoms with van der Waals surface area (Å²) in [7, 11) is 1.59. The van der Waals surface area contributed by atoms with Crippen molar-refractivity contribution >= 4 is 11.6 Å². The molecule has 0 aliphatic rings. The fraction of sp³-hybridized carbons (Fsp3) is 0.333. The van der Waals surface area contributed by atoms with Gasteiger partial charge in [0.05, 0.1) is 12.5 Å². The van der Waals surface area contributed by atoms with Crippen LogP contribution in [0.5, 0.6) is 5.88 Å². The van der Waals surface area contributed by atoms with Crippen LogP contribution in [0.15, 0.2) is 30.6 Å². The summed E-state index contributed by atoms with van der Waals surface area (Å²) in [5.74, 6) is 0.565. The Hall–Kier alpha value is -1.61. The molecule has 4 heteroatoms. The number of methoxy groups -OCH3 is 1. The van der Waals surface area contributed by atoms with Crippen LogP contribution in [0.3, 0.4) is 0 Å². The SMILES string of the molecule is COc1cc(CC(Cl)c2c(C)cccc2C)ncn1. The molecule has 3 nitrogen and oxygen atoms in total. The molecule has 2 aromatic rings. The van der Waals surface area contributed by atoms with Gasteiger partial charge in [-0.2, -0.15) is 0 Å². The monoisotopic (exact) mass is 276 g/mol. The van der Waals surface area contributed by atoms with Crippen molar-refractivity contribution in [2.24, 2.45) is 0 Å². The highest BCUT2D eigenvalue weighted by Crippen LogP contribution is 2.30. The third kappa shape index (κ3) is 3.24. The minimum Gasteiger partial charge on any atom is -0.481 e. The molecule has 0 spiro atoms. The van der Waals surface area contributed by atoms with E-state index in [1.165, 1.54) is 23.0 Å². The first-order valence-electron chi connectivity index (χ1n) is 6.17. The van der Waals surface area contributed by atoms with Crippen molar-refractivity contribution < 1.29 is 4.74 Å². The van der Waals surface area contributed by atoms with Crippen molar-refractivity contribution in [3.63, 3.8) is 0 Å². The zero-order valence-electron chi connectivity index (χ0n) is 11.4. The summed E-state index contributed by atoms with van der Waals surface area (Å²) < 4.78 is 5.10. The Balaban J connectivity index is 2.23. The van der Waals surface area contributed by atoms with E-state index in [2.05, 4.69) is 35.9 Å². The number of benzene rings is 1. The Labute approximate surface area is 118 Å². The summed E-state index contributed by atoms with van der Waals surface area (Å²) in [6.07, 6.45) is 2.16. The molecule has 0 aliphatic carbocycles. The number of hydrogen-bond donors (Lipinski definition) is 0. The van der Waals surface area contributed by atoms with Gasteiger partial charge in [-0.05, 0) is 30.5 Å². The normalized spacial score (nSPS) is 12.2. The van der Waals surface area contributed by atoms with Crippen LogP contribution in [0.1, 0.15) is 27.8 Å². The van der Waals surface area contributed by atoms with Gasteiger partial charge in [0.2, 0.25) is 5.88 Å². The van der Waals surface area contributed by atoms with E-state index in [9.17, 15) is 0 Å². The fourth-order valence-corrected chi connectivity index (χ4v) is 2.71. The molecule has 0 bridgehead atoms. The summed E-state index contributed by atoms with van der Waals surface area (Å²) in [5, 5.41) is -0.0965. The van der Waals surface area contributed by atoms with Crippen LogP contribution in [-0.4, -0.2) is 17.1 Å². The Bertz CT molecular complexity index is 552. The van der Waals surface area contributed by atoms with E-state index in [1.54, 1.807) is 7.11 Å². The molecule has 1 heterocycles. The third-order valence-corrected chi connectivity index (χ3v) is 3.52. The molecule has 2 rings (SSSR count). The number of nitrogens with zero attached hydrogens (tertiary/aromatic N) is 2. The number of hydrogen-bond acceptors (Lipinski definition) is 3. The number of rotatable bonds is 4. The summed E-state index contributed by atoms with van der Waals surface area (Å²) in [5.41, 5.74) is 4.48.